The van der Waals surface area contributed by atoms with Crippen LogP contribution in [0.2, 0.25) is 0 Å². The summed E-state index contributed by atoms with van der Waals surface area (Å²) in [5.41, 5.74) is 2.80. The molecule has 1 amide bonds. The number of nitrogens with one attached hydrogen (secondary N) is 1. The van der Waals surface area contributed by atoms with Gasteiger partial charge in [0, 0.05) is 25.4 Å². The minimum Gasteiger partial charge on any atom is -0.307 e. The van der Waals surface area contributed by atoms with Gasteiger partial charge in [-0.2, -0.15) is 4.72 Å². The van der Waals surface area contributed by atoms with Crippen LogP contribution in [0.1, 0.15) is 18.4 Å². The van der Waals surface area contributed by atoms with E-state index in [1.807, 2.05) is 18.2 Å². The first-order chi connectivity index (χ1) is 13.5. The van der Waals surface area contributed by atoms with Crippen molar-refractivity contribution in [1.82, 2.24) is 9.71 Å². The number of benzene rings is 1. The number of allylic oxidation sites excluding steroid dienone is 3. The summed E-state index contributed by atoms with van der Waals surface area (Å²) in [6.07, 6.45) is 11.6. The number of hydrogen-bond donors (Lipinski definition) is 1. The van der Waals surface area contributed by atoms with Gasteiger partial charge in [0.15, 0.2) is 0 Å². The van der Waals surface area contributed by atoms with Crippen molar-refractivity contribution in [2.75, 3.05) is 11.4 Å². The molecule has 0 saturated carbocycles. The molecule has 0 saturated heterocycles. The lowest BCUT2D eigenvalue weighted by Gasteiger charge is -2.35. The number of nitrogens with zero attached hydrogens (tertiary/aromatic N) is 2. The predicted octanol–water partition coefficient (Wildman–Crippen LogP) is 2.59. The topological polar surface area (TPSA) is 79.4 Å². The first-order valence-corrected chi connectivity index (χ1v) is 10.7. The minimum atomic E-state index is -3.80. The molecule has 1 unspecified atom stereocenters. The maximum absolute atomic E-state index is 13.2. The Labute approximate surface area is 164 Å². The number of anilines is 1. The molecule has 1 N–H and O–H groups in total. The van der Waals surface area contributed by atoms with E-state index in [0.717, 1.165) is 29.7 Å². The fraction of sp³-hybridized carbons (Fsp3) is 0.238. The van der Waals surface area contributed by atoms with Crippen LogP contribution in [0, 0.1) is 0 Å². The molecular formula is C21H21N3O3S. The highest BCUT2D eigenvalue weighted by Gasteiger charge is 2.36. The number of aromatic nitrogens is 1. The van der Waals surface area contributed by atoms with Gasteiger partial charge in [0.2, 0.25) is 15.9 Å². The van der Waals surface area contributed by atoms with E-state index in [9.17, 15) is 13.2 Å². The standard InChI is InChI=1S/C21H21N3O3S/c25-21-19(23-28(26,27)18-9-5-2-6-10-18)13-17-14-22-12-11-20(17)24(21)15-16-7-3-1-4-8-16/h1-3,5-7,9-12,14,19,23H,4,8,13,15H2. The van der Waals surface area contributed by atoms with Crippen molar-refractivity contribution >= 4 is 21.6 Å². The molecule has 2 heterocycles. The van der Waals surface area contributed by atoms with Crippen LogP contribution in [0.4, 0.5) is 5.69 Å². The van der Waals surface area contributed by atoms with Crippen molar-refractivity contribution in [2.24, 2.45) is 0 Å². The summed E-state index contributed by atoms with van der Waals surface area (Å²) in [6.45, 7) is 0.448. The third-order valence-corrected chi connectivity index (χ3v) is 6.46. The summed E-state index contributed by atoms with van der Waals surface area (Å²) in [5, 5.41) is 0. The molecule has 7 heteroatoms. The maximum Gasteiger partial charge on any atom is 0.245 e. The van der Waals surface area contributed by atoms with Gasteiger partial charge in [0.25, 0.3) is 0 Å². The third kappa shape index (κ3) is 3.76. The Morgan fingerprint density at radius 1 is 1.18 bits per heavy atom. The molecule has 2 aliphatic rings. The Morgan fingerprint density at radius 2 is 2.00 bits per heavy atom. The van der Waals surface area contributed by atoms with Crippen LogP contribution >= 0.6 is 0 Å². The van der Waals surface area contributed by atoms with E-state index in [2.05, 4.69) is 15.8 Å². The minimum absolute atomic E-state index is 0.145. The van der Waals surface area contributed by atoms with E-state index in [0.29, 0.717) is 6.54 Å². The molecule has 1 aliphatic carbocycles. The van der Waals surface area contributed by atoms with Gasteiger partial charge in [-0.1, -0.05) is 42.0 Å². The monoisotopic (exact) mass is 395 g/mol. The summed E-state index contributed by atoms with van der Waals surface area (Å²) in [5.74, 6) is -0.242. The molecule has 0 fully saturated rings. The second kappa shape index (κ2) is 7.69. The fourth-order valence-corrected chi connectivity index (χ4v) is 4.76. The third-order valence-electron chi connectivity index (χ3n) is 4.97. The lowest BCUT2D eigenvalue weighted by atomic mass is 9.97. The number of amides is 1. The van der Waals surface area contributed by atoms with Crippen molar-refractivity contribution in [3.8, 4) is 0 Å². The lowest BCUT2D eigenvalue weighted by Crippen LogP contribution is -2.53. The normalized spacial score (nSPS) is 19.3. The van der Waals surface area contributed by atoms with Crippen molar-refractivity contribution in [3.05, 3.63) is 78.2 Å². The second-order valence-corrected chi connectivity index (χ2v) is 8.63. The van der Waals surface area contributed by atoms with Gasteiger partial charge in [-0.05, 0) is 36.6 Å². The first-order valence-electron chi connectivity index (χ1n) is 9.21. The molecule has 4 rings (SSSR count). The number of carbonyl (C=O) groups excluding carboxylic acids is 1. The molecule has 144 valence electrons. The van der Waals surface area contributed by atoms with Crippen LogP contribution in [-0.2, 0) is 21.2 Å². The van der Waals surface area contributed by atoms with E-state index >= 15 is 0 Å². The largest absolute Gasteiger partial charge is 0.307 e. The van der Waals surface area contributed by atoms with Gasteiger partial charge in [0.05, 0.1) is 10.6 Å². The number of pyridine rings is 1. The average molecular weight is 395 g/mol. The van der Waals surface area contributed by atoms with Gasteiger partial charge in [-0.15, -0.1) is 0 Å². The zero-order valence-electron chi connectivity index (χ0n) is 15.3. The molecule has 0 radical (unpaired) electrons. The summed E-state index contributed by atoms with van der Waals surface area (Å²) in [6, 6.07) is 9.05. The Hall–Kier alpha value is -2.77. The molecule has 1 aliphatic heterocycles. The lowest BCUT2D eigenvalue weighted by molar-refractivity contribution is -0.120. The molecule has 1 aromatic heterocycles. The zero-order valence-corrected chi connectivity index (χ0v) is 16.1. The molecule has 1 aromatic carbocycles. The van der Waals surface area contributed by atoms with E-state index in [1.165, 1.54) is 12.1 Å². The zero-order chi connectivity index (χ0) is 19.6. The van der Waals surface area contributed by atoms with Gasteiger partial charge in [-0.3, -0.25) is 9.78 Å². The smallest absolute Gasteiger partial charge is 0.245 e. The van der Waals surface area contributed by atoms with Gasteiger partial charge >= 0.3 is 0 Å². The fourth-order valence-electron chi connectivity index (χ4n) is 3.55. The highest BCUT2D eigenvalue weighted by Crippen LogP contribution is 2.29. The number of hydrogen-bond acceptors (Lipinski definition) is 4. The van der Waals surface area contributed by atoms with Crippen LogP contribution < -0.4 is 9.62 Å². The van der Waals surface area contributed by atoms with Gasteiger partial charge in [-0.25, -0.2) is 8.42 Å². The Balaban J connectivity index is 1.64. The van der Waals surface area contributed by atoms with Crippen LogP contribution in [0.25, 0.3) is 0 Å². The number of fused-ring (bicyclic) bond motifs is 1. The summed E-state index contributed by atoms with van der Waals surface area (Å²) >= 11 is 0. The molecule has 1 atom stereocenters. The first kappa shape index (κ1) is 18.6. The Kier molecular flexibility index (Phi) is 5.11. The van der Waals surface area contributed by atoms with Crippen LogP contribution in [-0.4, -0.2) is 31.9 Å². The van der Waals surface area contributed by atoms with Crippen molar-refractivity contribution in [2.45, 2.75) is 30.2 Å². The molecule has 28 heavy (non-hydrogen) atoms. The second-order valence-electron chi connectivity index (χ2n) is 6.91. The summed E-state index contributed by atoms with van der Waals surface area (Å²) in [7, 11) is -3.80. The predicted molar refractivity (Wildman–Crippen MR) is 107 cm³/mol. The van der Waals surface area contributed by atoms with Crippen molar-refractivity contribution in [1.29, 1.82) is 0 Å². The van der Waals surface area contributed by atoms with Crippen LogP contribution in [0.3, 0.4) is 0 Å². The Morgan fingerprint density at radius 3 is 2.75 bits per heavy atom. The SMILES string of the molecule is O=C1C(NS(=O)(=O)c2ccccc2)Cc2cnccc2N1CC1=CC=CCC1. The molecule has 2 aromatic rings. The quantitative estimate of drug-likeness (QED) is 0.844. The van der Waals surface area contributed by atoms with Crippen molar-refractivity contribution < 1.29 is 13.2 Å². The molecule has 0 spiro atoms. The molecule has 0 bridgehead atoms. The summed E-state index contributed by atoms with van der Waals surface area (Å²) in [4.78, 5) is 19.2. The number of carbonyl (C=O) groups is 1. The highest BCUT2D eigenvalue weighted by atomic mass is 32.2. The van der Waals surface area contributed by atoms with E-state index in [1.54, 1.807) is 35.5 Å². The van der Waals surface area contributed by atoms with E-state index in [-0.39, 0.29) is 17.2 Å². The van der Waals surface area contributed by atoms with Gasteiger partial charge < -0.3 is 4.90 Å². The van der Waals surface area contributed by atoms with E-state index in [4.69, 9.17) is 0 Å². The van der Waals surface area contributed by atoms with Crippen LogP contribution in [0.15, 0.2) is 77.5 Å². The average Bonchev–Trinajstić information content (AvgIpc) is 2.72. The van der Waals surface area contributed by atoms with E-state index < -0.39 is 16.1 Å². The molecular weight excluding hydrogens is 374 g/mol. The van der Waals surface area contributed by atoms with Crippen LogP contribution in [0.5, 0.6) is 0 Å². The number of rotatable bonds is 5. The van der Waals surface area contributed by atoms with Gasteiger partial charge in [0.1, 0.15) is 6.04 Å². The summed E-state index contributed by atoms with van der Waals surface area (Å²) < 4.78 is 28.1. The maximum atomic E-state index is 13.2. The van der Waals surface area contributed by atoms with Crippen molar-refractivity contribution in [3.63, 3.8) is 0 Å². The Bertz CT molecular complexity index is 1050. The molecule has 6 nitrogen and oxygen atoms in total. The number of sulfonamides is 1. The highest BCUT2D eigenvalue weighted by molar-refractivity contribution is 7.89.